The summed E-state index contributed by atoms with van der Waals surface area (Å²) in [6, 6.07) is 10.3. The number of para-hydroxylation sites is 1. The normalized spacial score (nSPS) is 20.0. The molecule has 0 spiro atoms. The van der Waals surface area contributed by atoms with Crippen molar-refractivity contribution in [3.63, 3.8) is 0 Å². The Labute approximate surface area is 114 Å². The number of hydrogen-bond acceptors (Lipinski definition) is 3. The summed E-state index contributed by atoms with van der Waals surface area (Å²) in [6.45, 7) is 7.13. The molecule has 1 aliphatic heterocycles. The van der Waals surface area contributed by atoms with Crippen molar-refractivity contribution in [1.82, 2.24) is 4.90 Å². The van der Waals surface area contributed by atoms with E-state index in [1.807, 2.05) is 32.0 Å². The van der Waals surface area contributed by atoms with E-state index in [1.54, 1.807) is 0 Å². The van der Waals surface area contributed by atoms with E-state index in [9.17, 15) is 9.90 Å². The molecule has 1 atom stereocenters. The largest absolute Gasteiger partial charge is 0.480 e. The topological polar surface area (TPSA) is 43.8 Å². The van der Waals surface area contributed by atoms with E-state index < -0.39 is 11.5 Å². The second-order valence-electron chi connectivity index (χ2n) is 5.24. The van der Waals surface area contributed by atoms with Gasteiger partial charge in [0.2, 0.25) is 0 Å². The van der Waals surface area contributed by atoms with Gasteiger partial charge in [0.25, 0.3) is 0 Å². The lowest BCUT2D eigenvalue weighted by atomic mass is 9.95. The lowest BCUT2D eigenvalue weighted by molar-refractivity contribution is -0.151. The lowest BCUT2D eigenvalue weighted by Gasteiger charge is -2.43. The highest BCUT2D eigenvalue weighted by molar-refractivity contribution is 5.78. The van der Waals surface area contributed by atoms with E-state index in [0.717, 1.165) is 26.2 Å². The highest BCUT2D eigenvalue weighted by Crippen LogP contribution is 2.23. The van der Waals surface area contributed by atoms with Gasteiger partial charge in [-0.2, -0.15) is 0 Å². The summed E-state index contributed by atoms with van der Waals surface area (Å²) in [6.07, 6.45) is 0.633. The molecule has 4 heteroatoms. The second-order valence-corrected chi connectivity index (χ2v) is 5.24. The molecule has 0 saturated carbocycles. The second kappa shape index (κ2) is 5.61. The van der Waals surface area contributed by atoms with E-state index in [1.165, 1.54) is 5.69 Å². The summed E-state index contributed by atoms with van der Waals surface area (Å²) in [5, 5.41) is 9.41. The number of rotatable bonds is 4. The van der Waals surface area contributed by atoms with Crippen LogP contribution in [0.1, 0.15) is 20.3 Å². The molecule has 2 rings (SSSR count). The Morgan fingerprint density at radius 3 is 2.26 bits per heavy atom. The predicted octanol–water partition coefficient (Wildman–Crippen LogP) is 2.06. The molecule has 0 aliphatic carbocycles. The SMILES string of the molecule is CC[C@@](C)(C(=O)O)N1CCN(c2ccccc2)CC1. The van der Waals surface area contributed by atoms with Crippen LogP contribution in [0.4, 0.5) is 5.69 Å². The quantitative estimate of drug-likeness (QED) is 0.902. The van der Waals surface area contributed by atoms with Gasteiger partial charge in [0.1, 0.15) is 5.54 Å². The molecular formula is C15H22N2O2. The molecule has 0 amide bonds. The van der Waals surface area contributed by atoms with Gasteiger partial charge in [-0.1, -0.05) is 25.1 Å². The Bertz CT molecular complexity index is 427. The van der Waals surface area contributed by atoms with Gasteiger partial charge in [0, 0.05) is 31.9 Å². The third kappa shape index (κ3) is 2.73. The van der Waals surface area contributed by atoms with Crippen molar-refractivity contribution in [2.75, 3.05) is 31.1 Å². The zero-order chi connectivity index (χ0) is 13.9. The molecule has 0 bridgehead atoms. The fourth-order valence-electron chi connectivity index (χ4n) is 2.61. The molecule has 104 valence electrons. The number of carboxylic acid groups (broad SMARTS) is 1. The zero-order valence-electron chi connectivity index (χ0n) is 11.7. The molecule has 1 aromatic rings. The van der Waals surface area contributed by atoms with Gasteiger partial charge >= 0.3 is 5.97 Å². The lowest BCUT2D eigenvalue weighted by Crippen LogP contribution is -2.59. The summed E-state index contributed by atoms with van der Waals surface area (Å²) in [7, 11) is 0. The molecule has 0 unspecified atom stereocenters. The first-order valence-electron chi connectivity index (χ1n) is 6.86. The van der Waals surface area contributed by atoms with E-state index in [-0.39, 0.29) is 0 Å². The Hall–Kier alpha value is -1.55. The molecule has 1 saturated heterocycles. The Balaban J connectivity index is 2.01. The molecule has 0 aromatic heterocycles. The third-order valence-electron chi connectivity index (χ3n) is 4.25. The average molecular weight is 262 g/mol. The van der Waals surface area contributed by atoms with Gasteiger partial charge in [0.15, 0.2) is 0 Å². The van der Waals surface area contributed by atoms with Crippen LogP contribution in [-0.2, 0) is 4.79 Å². The first-order valence-corrected chi connectivity index (χ1v) is 6.86. The maximum atomic E-state index is 11.4. The van der Waals surface area contributed by atoms with Crippen LogP contribution >= 0.6 is 0 Å². The van der Waals surface area contributed by atoms with Gasteiger partial charge in [-0.3, -0.25) is 9.69 Å². The molecule has 0 radical (unpaired) electrons. The fourth-order valence-corrected chi connectivity index (χ4v) is 2.61. The summed E-state index contributed by atoms with van der Waals surface area (Å²) in [5.41, 5.74) is 0.485. The molecule has 1 aromatic carbocycles. The van der Waals surface area contributed by atoms with Crippen molar-refractivity contribution in [2.45, 2.75) is 25.8 Å². The standard InChI is InChI=1S/C15H22N2O2/c1-3-15(2,14(18)19)17-11-9-16(10-12-17)13-7-5-4-6-8-13/h4-8H,3,9-12H2,1-2H3,(H,18,19)/t15-/m0/s1. The molecule has 1 fully saturated rings. The van der Waals surface area contributed by atoms with Crippen LogP contribution in [0.15, 0.2) is 30.3 Å². The fraction of sp³-hybridized carbons (Fsp3) is 0.533. The minimum Gasteiger partial charge on any atom is -0.480 e. The van der Waals surface area contributed by atoms with Crippen molar-refractivity contribution < 1.29 is 9.90 Å². The minimum atomic E-state index is -0.733. The molecule has 1 aliphatic rings. The van der Waals surface area contributed by atoms with Gasteiger partial charge in [0.05, 0.1) is 0 Å². The van der Waals surface area contributed by atoms with E-state index in [2.05, 4.69) is 21.9 Å². The van der Waals surface area contributed by atoms with Crippen molar-refractivity contribution in [1.29, 1.82) is 0 Å². The summed E-state index contributed by atoms with van der Waals surface area (Å²) in [4.78, 5) is 15.9. The minimum absolute atomic E-state index is 0.633. The van der Waals surface area contributed by atoms with Crippen LogP contribution in [0.5, 0.6) is 0 Å². The number of aliphatic carboxylic acids is 1. The maximum absolute atomic E-state index is 11.4. The number of anilines is 1. The first kappa shape index (κ1) is 13.9. The predicted molar refractivity (Wildman–Crippen MR) is 76.6 cm³/mol. The van der Waals surface area contributed by atoms with Crippen molar-refractivity contribution in [2.24, 2.45) is 0 Å². The Morgan fingerprint density at radius 2 is 1.79 bits per heavy atom. The van der Waals surface area contributed by atoms with Crippen LogP contribution in [0, 0.1) is 0 Å². The third-order valence-corrected chi connectivity index (χ3v) is 4.25. The maximum Gasteiger partial charge on any atom is 0.323 e. The van der Waals surface area contributed by atoms with Crippen LogP contribution < -0.4 is 4.90 Å². The number of benzene rings is 1. The van der Waals surface area contributed by atoms with Gasteiger partial charge in [-0.15, -0.1) is 0 Å². The van der Waals surface area contributed by atoms with Gasteiger partial charge < -0.3 is 10.0 Å². The van der Waals surface area contributed by atoms with Crippen LogP contribution in [-0.4, -0.2) is 47.7 Å². The first-order chi connectivity index (χ1) is 9.08. The molecule has 19 heavy (non-hydrogen) atoms. The van der Waals surface area contributed by atoms with Crippen molar-refractivity contribution in [3.8, 4) is 0 Å². The zero-order valence-corrected chi connectivity index (χ0v) is 11.7. The molecule has 1 heterocycles. The summed E-state index contributed by atoms with van der Waals surface area (Å²) >= 11 is 0. The van der Waals surface area contributed by atoms with Crippen molar-refractivity contribution >= 4 is 11.7 Å². The summed E-state index contributed by atoms with van der Waals surface area (Å²) < 4.78 is 0. The number of piperazine rings is 1. The van der Waals surface area contributed by atoms with E-state index in [0.29, 0.717) is 6.42 Å². The number of hydrogen-bond donors (Lipinski definition) is 1. The molecular weight excluding hydrogens is 240 g/mol. The van der Waals surface area contributed by atoms with Crippen molar-refractivity contribution in [3.05, 3.63) is 30.3 Å². The monoisotopic (exact) mass is 262 g/mol. The Morgan fingerprint density at radius 1 is 1.21 bits per heavy atom. The van der Waals surface area contributed by atoms with Crippen LogP contribution in [0.2, 0.25) is 0 Å². The Kier molecular flexibility index (Phi) is 4.10. The number of carbonyl (C=O) groups is 1. The average Bonchev–Trinajstić information content (AvgIpc) is 2.47. The van der Waals surface area contributed by atoms with E-state index in [4.69, 9.17) is 0 Å². The van der Waals surface area contributed by atoms with Crippen LogP contribution in [0.3, 0.4) is 0 Å². The van der Waals surface area contributed by atoms with Crippen LogP contribution in [0.25, 0.3) is 0 Å². The van der Waals surface area contributed by atoms with Gasteiger partial charge in [-0.05, 0) is 25.5 Å². The summed E-state index contributed by atoms with van der Waals surface area (Å²) in [5.74, 6) is -0.719. The molecule has 4 nitrogen and oxygen atoms in total. The highest BCUT2D eigenvalue weighted by atomic mass is 16.4. The van der Waals surface area contributed by atoms with E-state index >= 15 is 0 Å². The number of nitrogens with zero attached hydrogens (tertiary/aromatic N) is 2. The van der Waals surface area contributed by atoms with Gasteiger partial charge in [-0.25, -0.2) is 0 Å². The molecule has 1 N–H and O–H groups in total. The highest BCUT2D eigenvalue weighted by Gasteiger charge is 2.39. The smallest absolute Gasteiger partial charge is 0.323 e. The number of carboxylic acids is 1.